The minimum Gasteiger partial charge on any atom is -0.456 e. The molecule has 6 heterocycles. The summed E-state index contributed by atoms with van der Waals surface area (Å²) >= 11 is 3.61. The van der Waals surface area contributed by atoms with Gasteiger partial charge in [-0.1, -0.05) is 133 Å². The molecule has 8 heteroatoms. The molecule has 0 radical (unpaired) electrons. The average Bonchev–Trinajstić information content (AvgIpc) is 4.44. The van der Waals surface area contributed by atoms with Gasteiger partial charge >= 0.3 is 0 Å². The number of aromatic nitrogens is 4. The largest absolute Gasteiger partial charge is 0.456 e. The number of hydrogen-bond acceptors (Lipinski definition) is 7. The SMILES string of the molecule is c1ccc(-n2c3ccccc3c3cc(-c4ccc5c(c4)sc4ccc(-c6ccc7oc8cccc(-c9nc(-c%10ccc%11c(c%10)oc%10ccccc%10%11)nc(-c%10cccc%11c%10sc%10ccccc%10%11)n9)c8c7c6)cc45)ccc32)cc1. The zero-order chi connectivity index (χ0) is 50.3. The first-order chi connectivity index (χ1) is 38.1. The third-order valence-corrected chi connectivity index (χ3v) is 17.8. The summed E-state index contributed by atoms with van der Waals surface area (Å²) in [6.07, 6.45) is 0. The number of thiophene rings is 2. The fourth-order valence-corrected chi connectivity index (χ4v) is 14.2. The number of furan rings is 2. The Bertz CT molecular complexity index is 5310. The van der Waals surface area contributed by atoms with Gasteiger partial charge in [-0.2, -0.15) is 0 Å². The summed E-state index contributed by atoms with van der Waals surface area (Å²) < 4.78 is 20.3. The highest BCUT2D eigenvalue weighted by atomic mass is 32.1. The van der Waals surface area contributed by atoms with E-state index in [4.69, 9.17) is 23.8 Å². The number of nitrogens with zero attached hydrogens (tertiary/aromatic N) is 4. The Morgan fingerprint density at radius 3 is 1.78 bits per heavy atom. The average molecular weight is 1020 g/mol. The van der Waals surface area contributed by atoms with E-state index >= 15 is 0 Å². The normalized spacial score (nSPS) is 12.2. The molecule has 0 saturated heterocycles. The molecular formula is C69H38N4O2S2. The summed E-state index contributed by atoms with van der Waals surface area (Å²) in [5, 5.41) is 11.5. The lowest BCUT2D eigenvalue weighted by molar-refractivity contribution is 0.668. The molecule has 0 spiro atoms. The van der Waals surface area contributed by atoms with Gasteiger partial charge in [-0.25, -0.2) is 15.0 Å². The molecule has 17 rings (SSSR count). The summed E-state index contributed by atoms with van der Waals surface area (Å²) in [5.74, 6) is 1.73. The van der Waals surface area contributed by atoms with Crippen molar-refractivity contribution in [2.75, 3.05) is 0 Å². The van der Waals surface area contributed by atoms with Crippen molar-refractivity contribution in [2.24, 2.45) is 0 Å². The van der Waals surface area contributed by atoms with Gasteiger partial charge in [-0.05, 0) is 119 Å². The summed E-state index contributed by atoms with van der Waals surface area (Å²) in [6.45, 7) is 0. The van der Waals surface area contributed by atoms with Gasteiger partial charge < -0.3 is 13.4 Å². The second-order valence-electron chi connectivity index (χ2n) is 19.8. The van der Waals surface area contributed by atoms with Crippen LogP contribution < -0.4 is 0 Å². The molecule has 0 amide bonds. The lowest BCUT2D eigenvalue weighted by Crippen LogP contribution is -2.00. The van der Waals surface area contributed by atoms with Crippen LogP contribution >= 0.6 is 22.7 Å². The van der Waals surface area contributed by atoms with Gasteiger partial charge in [0, 0.05) is 95.0 Å². The van der Waals surface area contributed by atoms with Crippen LogP contribution in [0.5, 0.6) is 0 Å². The second-order valence-corrected chi connectivity index (χ2v) is 22.0. The van der Waals surface area contributed by atoms with Crippen molar-refractivity contribution in [3.05, 3.63) is 231 Å². The van der Waals surface area contributed by atoms with Crippen molar-refractivity contribution in [2.45, 2.75) is 0 Å². The number of hydrogen-bond donors (Lipinski definition) is 0. The molecular weight excluding hydrogens is 981 g/mol. The minimum absolute atomic E-state index is 0.563. The van der Waals surface area contributed by atoms with Crippen molar-refractivity contribution < 1.29 is 8.83 Å². The molecule has 11 aromatic carbocycles. The highest BCUT2D eigenvalue weighted by Gasteiger charge is 2.22. The molecule has 358 valence electrons. The van der Waals surface area contributed by atoms with Crippen LogP contribution in [0.4, 0.5) is 0 Å². The number of fused-ring (bicyclic) bond motifs is 15. The summed E-state index contributed by atoms with van der Waals surface area (Å²) in [6, 6.07) is 82.2. The van der Waals surface area contributed by atoms with E-state index < -0.39 is 0 Å². The van der Waals surface area contributed by atoms with E-state index in [1.165, 1.54) is 68.6 Å². The Morgan fingerprint density at radius 2 is 0.870 bits per heavy atom. The van der Waals surface area contributed by atoms with Crippen molar-refractivity contribution >= 4 is 129 Å². The van der Waals surface area contributed by atoms with Crippen LogP contribution in [-0.4, -0.2) is 19.5 Å². The molecule has 0 aliphatic rings. The van der Waals surface area contributed by atoms with Crippen LogP contribution in [0.25, 0.3) is 168 Å². The molecule has 17 aromatic rings. The van der Waals surface area contributed by atoms with E-state index in [0.29, 0.717) is 17.5 Å². The third-order valence-electron chi connectivity index (χ3n) is 15.5. The van der Waals surface area contributed by atoms with Crippen LogP contribution in [0.15, 0.2) is 239 Å². The van der Waals surface area contributed by atoms with Gasteiger partial charge in [0.2, 0.25) is 0 Å². The molecule has 0 saturated carbocycles. The molecule has 0 unspecified atom stereocenters. The fourth-order valence-electron chi connectivity index (χ4n) is 11.9. The third kappa shape index (κ3) is 6.56. The predicted octanol–water partition coefficient (Wildman–Crippen LogP) is 19.8. The molecule has 0 aliphatic carbocycles. The highest BCUT2D eigenvalue weighted by molar-refractivity contribution is 7.26. The van der Waals surface area contributed by atoms with Gasteiger partial charge in [-0.3, -0.25) is 0 Å². The molecule has 6 nitrogen and oxygen atoms in total. The monoisotopic (exact) mass is 1020 g/mol. The minimum atomic E-state index is 0.563. The van der Waals surface area contributed by atoms with Crippen molar-refractivity contribution in [3.63, 3.8) is 0 Å². The standard InChI is InChI=1S/C69H38N4O2S2/c1-2-12-44(13-3-1)73-56-20-7-4-14-45(56)53-34-39(26-31-57(53)73)42-24-30-49-54-35-41(28-33-63(54)76-64(49)38-42)40-27-32-59-55(36-40)65-51(18-11-22-60(65)74-59)68-70-67(43-25-29-47-46-15-5-8-21-58(46)75-61(47)37-43)71-69(72-68)52-19-10-17-50-48-16-6-9-23-62(48)77-66(50)52/h1-38H. The number of rotatable bonds is 6. The Kier molecular flexibility index (Phi) is 9.07. The van der Waals surface area contributed by atoms with Crippen LogP contribution in [0.2, 0.25) is 0 Å². The molecule has 0 N–H and O–H groups in total. The van der Waals surface area contributed by atoms with E-state index in [1.54, 1.807) is 11.3 Å². The second kappa shape index (κ2) is 16.4. The van der Waals surface area contributed by atoms with Gasteiger partial charge in [0.25, 0.3) is 0 Å². The molecule has 0 aliphatic heterocycles. The van der Waals surface area contributed by atoms with Crippen molar-refractivity contribution in [1.29, 1.82) is 0 Å². The zero-order valence-corrected chi connectivity index (χ0v) is 42.5. The van der Waals surface area contributed by atoms with E-state index in [1.807, 2.05) is 41.7 Å². The van der Waals surface area contributed by atoms with E-state index in [2.05, 4.69) is 205 Å². The molecule has 6 aromatic heterocycles. The smallest absolute Gasteiger partial charge is 0.165 e. The van der Waals surface area contributed by atoms with Crippen molar-refractivity contribution in [1.82, 2.24) is 19.5 Å². The highest BCUT2D eigenvalue weighted by Crippen LogP contribution is 2.44. The van der Waals surface area contributed by atoms with Crippen molar-refractivity contribution in [3.8, 4) is 62.1 Å². The maximum Gasteiger partial charge on any atom is 0.165 e. The Labute approximate surface area is 447 Å². The molecule has 0 atom stereocenters. The Morgan fingerprint density at radius 1 is 0.299 bits per heavy atom. The zero-order valence-electron chi connectivity index (χ0n) is 40.9. The Balaban J connectivity index is 0.784. The quantitative estimate of drug-likeness (QED) is 0.166. The van der Waals surface area contributed by atoms with Gasteiger partial charge in [0.15, 0.2) is 17.5 Å². The lowest BCUT2D eigenvalue weighted by atomic mass is 9.98. The first-order valence-electron chi connectivity index (χ1n) is 25.7. The molecule has 0 fully saturated rings. The first kappa shape index (κ1) is 42.6. The maximum atomic E-state index is 6.65. The number of benzene rings is 11. The predicted molar refractivity (Wildman–Crippen MR) is 322 cm³/mol. The van der Waals surface area contributed by atoms with Crippen LogP contribution in [0.3, 0.4) is 0 Å². The first-order valence-corrected chi connectivity index (χ1v) is 27.3. The van der Waals surface area contributed by atoms with Gasteiger partial charge in [0.05, 0.1) is 11.0 Å². The molecule has 77 heavy (non-hydrogen) atoms. The van der Waals surface area contributed by atoms with E-state index in [0.717, 1.165) is 82.1 Å². The summed E-state index contributed by atoms with van der Waals surface area (Å²) in [5.41, 5.74) is 14.1. The van der Waals surface area contributed by atoms with Crippen LogP contribution in [0, 0.1) is 0 Å². The fraction of sp³-hybridized carbons (Fsp3) is 0. The van der Waals surface area contributed by atoms with E-state index in [-0.39, 0.29) is 0 Å². The van der Waals surface area contributed by atoms with Crippen LogP contribution in [0.1, 0.15) is 0 Å². The van der Waals surface area contributed by atoms with Gasteiger partial charge in [-0.15, -0.1) is 22.7 Å². The van der Waals surface area contributed by atoms with Gasteiger partial charge in [0.1, 0.15) is 22.3 Å². The van der Waals surface area contributed by atoms with Crippen LogP contribution in [-0.2, 0) is 0 Å². The lowest BCUT2D eigenvalue weighted by Gasteiger charge is -2.10. The van der Waals surface area contributed by atoms with E-state index in [9.17, 15) is 0 Å². The topological polar surface area (TPSA) is 69.9 Å². The summed E-state index contributed by atoms with van der Waals surface area (Å²) in [4.78, 5) is 16.0. The number of para-hydroxylation sites is 3. The molecule has 0 bridgehead atoms. The maximum absolute atomic E-state index is 6.65. The summed E-state index contributed by atoms with van der Waals surface area (Å²) in [7, 11) is 0. The Hall–Kier alpha value is -9.73.